The van der Waals surface area contributed by atoms with Crippen LogP contribution in [0.3, 0.4) is 0 Å². The molecule has 0 aliphatic heterocycles. The first kappa shape index (κ1) is 18.4. The summed E-state index contributed by atoms with van der Waals surface area (Å²) in [5.41, 5.74) is 0.183. The van der Waals surface area contributed by atoms with Crippen LogP contribution >= 0.6 is 0 Å². The quantitative estimate of drug-likeness (QED) is 0.712. The van der Waals surface area contributed by atoms with E-state index in [2.05, 4.69) is 20.5 Å². The number of rotatable bonds is 5. The minimum absolute atomic E-state index is 0.0396. The fourth-order valence-corrected chi connectivity index (χ4v) is 2.41. The molecule has 1 aromatic heterocycles. The molecule has 2 N–H and O–H groups in total. The van der Waals surface area contributed by atoms with Gasteiger partial charge in [0.25, 0.3) is 0 Å². The molecule has 0 aliphatic carbocycles. The van der Waals surface area contributed by atoms with E-state index >= 15 is 0 Å². The van der Waals surface area contributed by atoms with E-state index in [1.807, 2.05) is 0 Å². The number of anilines is 1. The number of nitrogens with one attached hydrogen (secondary N) is 2. The van der Waals surface area contributed by atoms with E-state index in [1.165, 1.54) is 12.1 Å². The highest BCUT2D eigenvalue weighted by atomic mass is 19.4. The molecule has 0 atom stereocenters. The molecule has 3 aromatic rings. The molecule has 27 heavy (non-hydrogen) atoms. The topological polar surface area (TPSA) is 79.9 Å². The Kier molecular flexibility index (Phi) is 5.11. The Labute approximate surface area is 152 Å². The molecule has 6 nitrogen and oxygen atoms in total. The van der Waals surface area contributed by atoms with Crippen molar-refractivity contribution in [3.8, 4) is 17.1 Å². The third-order valence-electron chi connectivity index (χ3n) is 3.72. The van der Waals surface area contributed by atoms with Crippen molar-refractivity contribution < 1.29 is 22.7 Å². The number of carbonyl (C=O) groups excluding carboxylic acids is 1. The minimum Gasteiger partial charge on any atom is -0.497 e. The van der Waals surface area contributed by atoms with Gasteiger partial charge in [-0.05, 0) is 35.9 Å². The van der Waals surface area contributed by atoms with Crippen LogP contribution < -0.4 is 10.1 Å². The van der Waals surface area contributed by atoms with Gasteiger partial charge in [0.15, 0.2) is 5.82 Å². The Morgan fingerprint density at radius 3 is 2.59 bits per heavy atom. The number of aromatic nitrogens is 3. The first-order valence-corrected chi connectivity index (χ1v) is 7.88. The van der Waals surface area contributed by atoms with Crippen LogP contribution in [0.2, 0.25) is 0 Å². The molecular formula is C18H15F3N4O2. The summed E-state index contributed by atoms with van der Waals surface area (Å²) < 4.78 is 43.3. The second kappa shape index (κ2) is 7.48. The predicted octanol–water partition coefficient (Wildman–Crippen LogP) is 3.68. The smallest absolute Gasteiger partial charge is 0.416 e. The number of hydrogen-bond acceptors (Lipinski definition) is 4. The molecule has 0 bridgehead atoms. The highest BCUT2D eigenvalue weighted by Crippen LogP contribution is 2.29. The monoisotopic (exact) mass is 376 g/mol. The van der Waals surface area contributed by atoms with Crippen molar-refractivity contribution in [2.24, 2.45) is 0 Å². The standard InChI is InChI=1S/C18H15F3N4O2/c1-27-14-7-5-12(6-8-14)16-23-17(25-24-16)22-15(26)10-11-3-2-4-13(9-11)18(19,20)21/h2-9H,10H2,1H3,(H2,22,23,24,25,26). The van der Waals surface area contributed by atoms with Crippen molar-refractivity contribution in [2.45, 2.75) is 12.6 Å². The summed E-state index contributed by atoms with van der Waals surface area (Å²) in [6, 6.07) is 11.7. The Bertz CT molecular complexity index is 936. The molecule has 0 radical (unpaired) electrons. The predicted molar refractivity (Wildman–Crippen MR) is 92.1 cm³/mol. The minimum atomic E-state index is -4.45. The number of carbonyl (C=O) groups is 1. The van der Waals surface area contributed by atoms with E-state index in [-0.39, 0.29) is 17.9 Å². The van der Waals surface area contributed by atoms with Gasteiger partial charge in [0.05, 0.1) is 19.1 Å². The number of nitrogens with zero attached hydrogens (tertiary/aromatic N) is 2. The van der Waals surface area contributed by atoms with Gasteiger partial charge < -0.3 is 4.74 Å². The Morgan fingerprint density at radius 2 is 1.93 bits per heavy atom. The van der Waals surface area contributed by atoms with Gasteiger partial charge in [-0.3, -0.25) is 15.2 Å². The molecule has 0 unspecified atom stereocenters. The molecule has 0 fully saturated rings. The van der Waals surface area contributed by atoms with Crippen molar-refractivity contribution >= 4 is 11.9 Å². The lowest BCUT2D eigenvalue weighted by atomic mass is 10.1. The maximum Gasteiger partial charge on any atom is 0.416 e. The molecule has 3 rings (SSSR count). The highest BCUT2D eigenvalue weighted by Gasteiger charge is 2.30. The zero-order valence-electron chi connectivity index (χ0n) is 14.2. The summed E-state index contributed by atoms with van der Waals surface area (Å²) in [5, 5.41) is 9.05. The van der Waals surface area contributed by atoms with Crippen LogP contribution in [0.5, 0.6) is 5.75 Å². The molecule has 1 heterocycles. The lowest BCUT2D eigenvalue weighted by Crippen LogP contribution is -2.16. The SMILES string of the molecule is COc1ccc(-c2nc(NC(=O)Cc3cccc(C(F)(F)F)c3)n[nH]2)cc1. The van der Waals surface area contributed by atoms with Crippen LogP contribution in [0.1, 0.15) is 11.1 Å². The molecule has 0 saturated carbocycles. The summed E-state index contributed by atoms with van der Waals surface area (Å²) in [4.78, 5) is 16.2. The average molecular weight is 376 g/mol. The zero-order valence-corrected chi connectivity index (χ0v) is 14.2. The fourth-order valence-electron chi connectivity index (χ4n) is 2.41. The molecule has 0 spiro atoms. The number of methoxy groups -OCH3 is 1. The summed E-state index contributed by atoms with van der Waals surface area (Å²) in [7, 11) is 1.56. The average Bonchev–Trinajstić information content (AvgIpc) is 3.09. The van der Waals surface area contributed by atoms with Crippen molar-refractivity contribution in [1.82, 2.24) is 15.2 Å². The Balaban J connectivity index is 1.66. The first-order chi connectivity index (χ1) is 12.8. The van der Waals surface area contributed by atoms with E-state index in [9.17, 15) is 18.0 Å². The lowest BCUT2D eigenvalue weighted by molar-refractivity contribution is -0.137. The van der Waals surface area contributed by atoms with E-state index < -0.39 is 17.6 Å². The van der Waals surface area contributed by atoms with Gasteiger partial charge in [0.1, 0.15) is 5.75 Å². The Hall–Kier alpha value is -3.36. The molecule has 9 heteroatoms. The van der Waals surface area contributed by atoms with Crippen LogP contribution in [-0.4, -0.2) is 28.2 Å². The van der Waals surface area contributed by atoms with Gasteiger partial charge in [-0.15, -0.1) is 5.10 Å². The zero-order chi connectivity index (χ0) is 19.4. The second-order valence-electron chi connectivity index (χ2n) is 5.66. The highest BCUT2D eigenvalue weighted by molar-refractivity contribution is 5.90. The maximum absolute atomic E-state index is 12.7. The molecule has 2 aromatic carbocycles. The van der Waals surface area contributed by atoms with Gasteiger partial charge in [0, 0.05) is 5.56 Å². The number of hydrogen-bond donors (Lipinski definition) is 2. The summed E-state index contributed by atoms with van der Waals surface area (Å²) in [6.07, 6.45) is -4.68. The van der Waals surface area contributed by atoms with Crippen molar-refractivity contribution in [1.29, 1.82) is 0 Å². The number of alkyl halides is 3. The summed E-state index contributed by atoms with van der Waals surface area (Å²) >= 11 is 0. The lowest BCUT2D eigenvalue weighted by Gasteiger charge is -2.08. The molecule has 0 aliphatic rings. The molecule has 1 amide bonds. The van der Waals surface area contributed by atoms with Crippen molar-refractivity contribution in [3.63, 3.8) is 0 Å². The third kappa shape index (κ3) is 4.63. The largest absolute Gasteiger partial charge is 0.497 e. The van der Waals surface area contributed by atoms with Gasteiger partial charge in [-0.25, -0.2) is 0 Å². The first-order valence-electron chi connectivity index (χ1n) is 7.88. The van der Waals surface area contributed by atoms with Crippen molar-refractivity contribution in [3.05, 3.63) is 59.7 Å². The van der Waals surface area contributed by atoms with E-state index in [0.717, 1.165) is 17.7 Å². The van der Waals surface area contributed by atoms with E-state index in [1.54, 1.807) is 31.4 Å². The van der Waals surface area contributed by atoms with E-state index in [4.69, 9.17) is 4.74 Å². The number of aromatic amines is 1. The van der Waals surface area contributed by atoms with Gasteiger partial charge in [-0.2, -0.15) is 18.2 Å². The third-order valence-corrected chi connectivity index (χ3v) is 3.72. The van der Waals surface area contributed by atoms with Crippen molar-refractivity contribution in [2.75, 3.05) is 12.4 Å². The van der Waals surface area contributed by atoms with Crippen LogP contribution in [0.25, 0.3) is 11.4 Å². The molecule has 0 saturated heterocycles. The van der Waals surface area contributed by atoms with Crippen LogP contribution in [0.4, 0.5) is 19.1 Å². The van der Waals surface area contributed by atoms with Crippen LogP contribution in [0, 0.1) is 0 Å². The number of halogens is 3. The molecular weight excluding hydrogens is 361 g/mol. The maximum atomic E-state index is 12.7. The summed E-state index contributed by atoms with van der Waals surface area (Å²) in [5.74, 6) is 0.646. The number of H-pyrrole nitrogens is 1. The molecule has 140 valence electrons. The number of ether oxygens (including phenoxy) is 1. The van der Waals surface area contributed by atoms with Gasteiger partial charge in [-0.1, -0.05) is 18.2 Å². The van der Waals surface area contributed by atoms with Gasteiger partial charge in [0.2, 0.25) is 11.9 Å². The normalized spacial score (nSPS) is 11.3. The van der Waals surface area contributed by atoms with Gasteiger partial charge >= 0.3 is 6.18 Å². The van der Waals surface area contributed by atoms with Crippen LogP contribution in [-0.2, 0) is 17.4 Å². The fraction of sp³-hybridized carbons (Fsp3) is 0.167. The second-order valence-corrected chi connectivity index (χ2v) is 5.66. The number of amides is 1. The van der Waals surface area contributed by atoms with E-state index in [0.29, 0.717) is 11.6 Å². The Morgan fingerprint density at radius 1 is 1.19 bits per heavy atom. The van der Waals surface area contributed by atoms with Crippen LogP contribution in [0.15, 0.2) is 48.5 Å². The summed E-state index contributed by atoms with van der Waals surface area (Å²) in [6.45, 7) is 0. The number of benzene rings is 2.